The molecule has 0 aromatic carbocycles. The third-order valence-electron chi connectivity index (χ3n) is 3.46. The van der Waals surface area contributed by atoms with Crippen molar-refractivity contribution in [3.8, 4) is 0 Å². The molecule has 0 saturated carbocycles. The summed E-state index contributed by atoms with van der Waals surface area (Å²) < 4.78 is 4.70. The largest absolute Gasteiger partial charge is 0.465 e. The molecule has 114 valence electrons. The Bertz CT molecular complexity index is 541. The molecule has 0 bridgehead atoms. The number of methoxy groups -OCH3 is 1. The number of amides is 1. The number of nitrogens with zero attached hydrogens (tertiary/aromatic N) is 2. The zero-order valence-corrected chi connectivity index (χ0v) is 12.3. The molecule has 1 aromatic heterocycles. The fraction of sp³-hybridized carbons (Fsp3) is 0.500. The number of esters is 1. The third-order valence-corrected chi connectivity index (χ3v) is 3.46. The van der Waals surface area contributed by atoms with E-state index in [1.807, 2.05) is 4.90 Å². The summed E-state index contributed by atoms with van der Waals surface area (Å²) in [5.74, 6) is -0.240. The molecular weight excluding hydrogens is 272 g/mol. The number of likely N-dealkylation sites (tertiary alicyclic amines) is 1. The predicted octanol–water partition coefficient (Wildman–Crippen LogP) is 0.873. The van der Waals surface area contributed by atoms with Gasteiger partial charge in [-0.15, -0.1) is 0 Å². The minimum atomic E-state index is -0.543. The quantitative estimate of drug-likeness (QED) is 0.799. The van der Waals surface area contributed by atoms with Crippen LogP contribution in [0.5, 0.6) is 0 Å². The minimum absolute atomic E-state index is 0.00180. The number of hydrogen-bond acceptors (Lipinski definition) is 6. The minimum Gasteiger partial charge on any atom is -0.465 e. The molecule has 0 aliphatic carbocycles. The Morgan fingerprint density at radius 3 is 2.71 bits per heavy atom. The topological polar surface area (TPSA) is 97.5 Å². The normalized spacial score (nSPS) is 15.6. The van der Waals surface area contributed by atoms with Crippen LogP contribution >= 0.6 is 0 Å². The lowest BCUT2D eigenvalue weighted by atomic mass is 10.2. The van der Waals surface area contributed by atoms with Crippen molar-refractivity contribution in [2.75, 3.05) is 31.2 Å². The van der Waals surface area contributed by atoms with Crippen LogP contribution in [0.15, 0.2) is 12.3 Å². The van der Waals surface area contributed by atoms with Crippen LogP contribution in [0.3, 0.4) is 0 Å². The maximum atomic E-state index is 12.3. The smallest absolute Gasteiger partial charge is 0.341 e. The molecule has 1 atom stereocenters. The fourth-order valence-electron chi connectivity index (χ4n) is 2.34. The van der Waals surface area contributed by atoms with Crippen molar-refractivity contribution >= 4 is 23.4 Å². The number of carbonyl (C=O) groups excluding carboxylic acids is 2. The van der Waals surface area contributed by atoms with E-state index in [1.54, 1.807) is 6.92 Å². The summed E-state index contributed by atoms with van der Waals surface area (Å²) in [6, 6.07) is 1.01. The second-order valence-electron chi connectivity index (χ2n) is 5.05. The molecule has 2 heterocycles. The molecule has 1 fully saturated rings. The molecule has 21 heavy (non-hydrogen) atoms. The Morgan fingerprint density at radius 1 is 1.43 bits per heavy atom. The Morgan fingerprint density at radius 2 is 2.10 bits per heavy atom. The zero-order chi connectivity index (χ0) is 15.4. The van der Waals surface area contributed by atoms with Crippen LogP contribution < -0.4 is 11.1 Å². The first-order valence-corrected chi connectivity index (χ1v) is 6.92. The van der Waals surface area contributed by atoms with Crippen molar-refractivity contribution < 1.29 is 14.3 Å². The molecule has 1 amide bonds. The number of nitrogens with one attached hydrogen (secondary N) is 1. The summed E-state index contributed by atoms with van der Waals surface area (Å²) in [5, 5.41) is 2.97. The summed E-state index contributed by atoms with van der Waals surface area (Å²) in [5.41, 5.74) is 6.22. The summed E-state index contributed by atoms with van der Waals surface area (Å²) in [4.78, 5) is 29.9. The maximum Gasteiger partial charge on any atom is 0.341 e. The molecule has 3 N–H and O–H groups in total. The van der Waals surface area contributed by atoms with Gasteiger partial charge in [-0.1, -0.05) is 0 Å². The van der Waals surface area contributed by atoms with E-state index in [4.69, 9.17) is 10.5 Å². The number of anilines is 2. The maximum absolute atomic E-state index is 12.3. The Balaban J connectivity index is 2.14. The lowest BCUT2D eigenvalue weighted by Crippen LogP contribution is -2.40. The Kier molecular flexibility index (Phi) is 4.62. The summed E-state index contributed by atoms with van der Waals surface area (Å²) in [6.07, 6.45) is 3.50. The fourth-order valence-corrected chi connectivity index (χ4v) is 2.34. The van der Waals surface area contributed by atoms with Gasteiger partial charge in [0.2, 0.25) is 5.91 Å². The summed E-state index contributed by atoms with van der Waals surface area (Å²) >= 11 is 0. The second kappa shape index (κ2) is 6.43. The van der Waals surface area contributed by atoms with Crippen LogP contribution in [0.1, 0.15) is 30.1 Å². The van der Waals surface area contributed by atoms with E-state index in [0.29, 0.717) is 11.5 Å². The Labute approximate surface area is 123 Å². The number of nitrogen functional groups attached to an aromatic ring is 1. The van der Waals surface area contributed by atoms with E-state index < -0.39 is 12.0 Å². The highest BCUT2D eigenvalue weighted by Gasteiger charge is 2.25. The van der Waals surface area contributed by atoms with Crippen molar-refractivity contribution in [2.24, 2.45) is 0 Å². The van der Waals surface area contributed by atoms with Crippen molar-refractivity contribution in [1.29, 1.82) is 0 Å². The number of rotatable bonds is 4. The van der Waals surface area contributed by atoms with Crippen LogP contribution in [0.4, 0.5) is 11.5 Å². The van der Waals surface area contributed by atoms with Gasteiger partial charge in [0.1, 0.15) is 17.4 Å². The van der Waals surface area contributed by atoms with Gasteiger partial charge in [0.05, 0.1) is 19.0 Å². The highest BCUT2D eigenvalue weighted by molar-refractivity contribution is 5.96. The van der Waals surface area contributed by atoms with Gasteiger partial charge in [0.25, 0.3) is 0 Å². The van der Waals surface area contributed by atoms with E-state index in [9.17, 15) is 9.59 Å². The molecule has 0 spiro atoms. The van der Waals surface area contributed by atoms with Crippen LogP contribution in [0, 0.1) is 0 Å². The highest BCUT2D eigenvalue weighted by Crippen LogP contribution is 2.18. The van der Waals surface area contributed by atoms with Gasteiger partial charge < -0.3 is 20.7 Å². The van der Waals surface area contributed by atoms with Crippen molar-refractivity contribution in [3.05, 3.63) is 17.8 Å². The lowest BCUT2D eigenvalue weighted by Gasteiger charge is -2.22. The highest BCUT2D eigenvalue weighted by atomic mass is 16.5. The van der Waals surface area contributed by atoms with Crippen LogP contribution in [-0.2, 0) is 9.53 Å². The number of pyridine rings is 1. The summed E-state index contributed by atoms with van der Waals surface area (Å²) in [6.45, 7) is 3.31. The lowest BCUT2D eigenvalue weighted by molar-refractivity contribution is -0.130. The van der Waals surface area contributed by atoms with Gasteiger partial charge in [0.15, 0.2) is 0 Å². The van der Waals surface area contributed by atoms with Crippen LogP contribution in [0.25, 0.3) is 0 Å². The van der Waals surface area contributed by atoms with Gasteiger partial charge in [-0.25, -0.2) is 9.78 Å². The molecule has 7 nitrogen and oxygen atoms in total. The number of carbonyl (C=O) groups is 2. The first-order valence-electron chi connectivity index (χ1n) is 6.92. The SMILES string of the molecule is COC(=O)c1cc(N)cnc1NC(C)C(=O)N1CCCC1. The van der Waals surface area contributed by atoms with E-state index in [1.165, 1.54) is 19.4 Å². The number of hydrogen-bond donors (Lipinski definition) is 2. The molecule has 1 saturated heterocycles. The predicted molar refractivity (Wildman–Crippen MR) is 78.9 cm³/mol. The van der Waals surface area contributed by atoms with Crippen LogP contribution in [-0.4, -0.2) is 48.0 Å². The van der Waals surface area contributed by atoms with Crippen molar-refractivity contribution in [2.45, 2.75) is 25.8 Å². The monoisotopic (exact) mass is 292 g/mol. The third kappa shape index (κ3) is 3.42. The number of nitrogens with two attached hydrogens (primary N) is 1. The van der Waals surface area contributed by atoms with Gasteiger partial charge in [-0.2, -0.15) is 0 Å². The van der Waals surface area contributed by atoms with Crippen molar-refractivity contribution in [3.63, 3.8) is 0 Å². The molecular formula is C14H20N4O3. The first kappa shape index (κ1) is 15.1. The first-order chi connectivity index (χ1) is 10.0. The van der Waals surface area contributed by atoms with E-state index in [2.05, 4.69) is 10.3 Å². The van der Waals surface area contributed by atoms with Crippen molar-refractivity contribution in [1.82, 2.24) is 9.88 Å². The summed E-state index contributed by atoms with van der Waals surface area (Å²) in [7, 11) is 1.29. The molecule has 1 aliphatic heterocycles. The van der Waals surface area contributed by atoms with E-state index in [-0.39, 0.29) is 11.5 Å². The molecule has 1 unspecified atom stereocenters. The molecule has 1 aromatic rings. The zero-order valence-electron chi connectivity index (χ0n) is 12.3. The molecule has 1 aliphatic rings. The molecule has 0 radical (unpaired) electrons. The second-order valence-corrected chi connectivity index (χ2v) is 5.05. The van der Waals surface area contributed by atoms with Gasteiger partial charge >= 0.3 is 5.97 Å². The standard InChI is InChI=1S/C14H20N4O3/c1-9(13(19)18-5-3-4-6-18)17-12-11(14(20)21-2)7-10(15)8-16-12/h7-9H,3-6,15H2,1-2H3,(H,16,17). The van der Waals surface area contributed by atoms with E-state index >= 15 is 0 Å². The molecule has 7 heteroatoms. The average molecular weight is 292 g/mol. The van der Waals surface area contributed by atoms with E-state index in [0.717, 1.165) is 25.9 Å². The van der Waals surface area contributed by atoms with Gasteiger partial charge in [0, 0.05) is 13.1 Å². The number of aromatic nitrogens is 1. The Hall–Kier alpha value is -2.31. The van der Waals surface area contributed by atoms with Crippen LogP contribution in [0.2, 0.25) is 0 Å². The number of ether oxygens (including phenoxy) is 1. The molecule has 2 rings (SSSR count). The van der Waals surface area contributed by atoms with Gasteiger partial charge in [-0.3, -0.25) is 4.79 Å². The average Bonchev–Trinajstić information content (AvgIpc) is 3.01. The van der Waals surface area contributed by atoms with Gasteiger partial charge in [-0.05, 0) is 25.8 Å².